The molecule has 0 aliphatic rings. The van der Waals surface area contributed by atoms with Crippen LogP contribution in [0, 0.1) is 10.1 Å². The normalized spacial score (nSPS) is 10.5. The smallest absolute Gasteiger partial charge is 0.292 e. The number of hydrogen-bond donors (Lipinski definition) is 1. The maximum absolute atomic E-state index is 13.1. The van der Waals surface area contributed by atoms with Gasteiger partial charge in [-0.25, -0.2) is 0 Å². The number of anilines is 4. The number of nitrogens with one attached hydrogen (secondary N) is 1. The van der Waals surface area contributed by atoms with Gasteiger partial charge < -0.3 is 15.1 Å². The van der Waals surface area contributed by atoms with Gasteiger partial charge in [-0.05, 0) is 42.0 Å². The molecule has 7 heteroatoms. The van der Waals surface area contributed by atoms with Crippen molar-refractivity contribution in [2.45, 2.75) is 6.54 Å². The molecule has 4 aromatic carbocycles. The molecule has 0 radical (unpaired) electrons. The topological polar surface area (TPSA) is 78.7 Å². The molecule has 7 nitrogen and oxygen atoms in total. The van der Waals surface area contributed by atoms with Crippen LogP contribution in [0.15, 0.2) is 103 Å². The molecule has 0 aliphatic heterocycles. The highest BCUT2D eigenvalue weighted by Crippen LogP contribution is 2.36. The highest BCUT2D eigenvalue weighted by molar-refractivity contribution is 6.07. The van der Waals surface area contributed by atoms with E-state index in [4.69, 9.17) is 0 Å². The summed E-state index contributed by atoms with van der Waals surface area (Å²) < 4.78 is 0. The number of nitrogens with zero attached hydrogens (tertiary/aromatic N) is 3. The maximum Gasteiger partial charge on any atom is 0.292 e. The van der Waals surface area contributed by atoms with Crippen LogP contribution in [0.3, 0.4) is 0 Å². The first kappa shape index (κ1) is 23.5. The van der Waals surface area contributed by atoms with Crippen molar-refractivity contribution in [3.8, 4) is 0 Å². The Balaban J connectivity index is 1.65. The molecule has 176 valence electrons. The zero-order chi connectivity index (χ0) is 24.8. The van der Waals surface area contributed by atoms with Crippen molar-refractivity contribution in [2.24, 2.45) is 0 Å². The van der Waals surface area contributed by atoms with E-state index in [-0.39, 0.29) is 11.6 Å². The minimum Gasteiger partial charge on any atom is -0.375 e. The predicted molar refractivity (Wildman–Crippen MR) is 141 cm³/mol. The van der Waals surface area contributed by atoms with E-state index in [0.29, 0.717) is 17.8 Å². The molecule has 0 saturated heterocycles. The van der Waals surface area contributed by atoms with Crippen LogP contribution in [0.2, 0.25) is 0 Å². The molecule has 35 heavy (non-hydrogen) atoms. The number of hydrogen-bond acceptors (Lipinski definition) is 5. The van der Waals surface area contributed by atoms with E-state index < -0.39 is 4.92 Å². The van der Waals surface area contributed by atoms with Gasteiger partial charge in [0, 0.05) is 38.0 Å². The SMILES string of the molecule is CN(C(=O)c1ccccc1)c1ccccc1N(C)c1ccc([N+](=O)[O-])c(NCc2ccccc2)c1. The zero-order valence-electron chi connectivity index (χ0n) is 19.6. The van der Waals surface area contributed by atoms with Gasteiger partial charge in [-0.15, -0.1) is 0 Å². The molecular weight excluding hydrogens is 440 g/mol. The fraction of sp³-hybridized carbons (Fsp3) is 0.107. The molecular formula is C28H26N4O3. The lowest BCUT2D eigenvalue weighted by Gasteiger charge is -2.27. The second-order valence-corrected chi connectivity index (χ2v) is 8.08. The first-order valence-corrected chi connectivity index (χ1v) is 11.2. The average Bonchev–Trinajstić information content (AvgIpc) is 2.91. The minimum atomic E-state index is -0.392. The average molecular weight is 467 g/mol. The third-order valence-corrected chi connectivity index (χ3v) is 5.82. The number of rotatable bonds is 8. The summed E-state index contributed by atoms with van der Waals surface area (Å²) in [4.78, 5) is 27.9. The Morgan fingerprint density at radius 2 is 1.43 bits per heavy atom. The Bertz CT molecular complexity index is 1330. The second kappa shape index (κ2) is 10.5. The summed E-state index contributed by atoms with van der Waals surface area (Å²) in [5, 5.41) is 14.8. The van der Waals surface area contributed by atoms with Crippen molar-refractivity contribution in [1.29, 1.82) is 0 Å². The number of carbonyl (C=O) groups excluding carboxylic acids is 1. The van der Waals surface area contributed by atoms with Crippen LogP contribution in [0.1, 0.15) is 15.9 Å². The summed E-state index contributed by atoms with van der Waals surface area (Å²) in [6.45, 7) is 0.458. The first-order chi connectivity index (χ1) is 17.0. The van der Waals surface area contributed by atoms with Gasteiger partial charge in [0.25, 0.3) is 11.6 Å². The predicted octanol–water partition coefficient (Wildman–Crippen LogP) is 6.25. The number of nitro benzene ring substituents is 1. The monoisotopic (exact) mass is 466 g/mol. The van der Waals surface area contributed by atoms with Crippen molar-refractivity contribution in [3.63, 3.8) is 0 Å². The van der Waals surface area contributed by atoms with Crippen LogP contribution in [0.5, 0.6) is 0 Å². The van der Waals surface area contributed by atoms with Crippen LogP contribution in [-0.4, -0.2) is 24.9 Å². The van der Waals surface area contributed by atoms with E-state index in [1.807, 2.05) is 84.7 Å². The molecule has 1 amide bonds. The summed E-state index contributed by atoms with van der Waals surface area (Å²) in [5.41, 5.74) is 4.31. The van der Waals surface area contributed by atoms with Crippen LogP contribution in [-0.2, 0) is 6.54 Å². The van der Waals surface area contributed by atoms with Gasteiger partial charge in [-0.3, -0.25) is 14.9 Å². The Hall–Kier alpha value is -4.65. The van der Waals surface area contributed by atoms with E-state index in [1.54, 1.807) is 36.2 Å². The molecule has 4 aromatic rings. The largest absolute Gasteiger partial charge is 0.375 e. The van der Waals surface area contributed by atoms with Crippen LogP contribution < -0.4 is 15.1 Å². The quantitative estimate of drug-likeness (QED) is 0.245. The molecule has 0 fully saturated rings. The summed E-state index contributed by atoms with van der Waals surface area (Å²) in [7, 11) is 3.62. The lowest BCUT2D eigenvalue weighted by Crippen LogP contribution is -2.28. The van der Waals surface area contributed by atoms with Crippen molar-refractivity contribution < 1.29 is 9.72 Å². The number of para-hydroxylation sites is 2. The van der Waals surface area contributed by atoms with Crippen molar-refractivity contribution >= 4 is 34.3 Å². The highest BCUT2D eigenvalue weighted by atomic mass is 16.6. The van der Waals surface area contributed by atoms with Crippen molar-refractivity contribution in [2.75, 3.05) is 29.2 Å². The molecule has 0 spiro atoms. The van der Waals surface area contributed by atoms with Gasteiger partial charge in [0.2, 0.25) is 0 Å². The summed E-state index contributed by atoms with van der Waals surface area (Å²) in [6.07, 6.45) is 0. The molecule has 1 N–H and O–H groups in total. The third-order valence-electron chi connectivity index (χ3n) is 5.82. The Kier molecular flexibility index (Phi) is 7.07. The van der Waals surface area contributed by atoms with Gasteiger partial charge >= 0.3 is 0 Å². The molecule has 4 rings (SSSR count). The molecule has 0 atom stereocenters. The lowest BCUT2D eigenvalue weighted by molar-refractivity contribution is -0.384. The third kappa shape index (κ3) is 5.30. The van der Waals surface area contributed by atoms with Gasteiger partial charge in [0.15, 0.2) is 0 Å². The van der Waals surface area contributed by atoms with E-state index in [1.165, 1.54) is 6.07 Å². The van der Waals surface area contributed by atoms with Gasteiger partial charge in [-0.2, -0.15) is 0 Å². The molecule has 0 bridgehead atoms. The Morgan fingerprint density at radius 3 is 2.09 bits per heavy atom. The molecule has 0 heterocycles. The van der Waals surface area contributed by atoms with Crippen LogP contribution in [0.4, 0.5) is 28.4 Å². The second-order valence-electron chi connectivity index (χ2n) is 8.08. The van der Waals surface area contributed by atoms with Crippen LogP contribution in [0.25, 0.3) is 0 Å². The van der Waals surface area contributed by atoms with Crippen molar-refractivity contribution in [1.82, 2.24) is 0 Å². The van der Waals surface area contributed by atoms with E-state index in [2.05, 4.69) is 5.32 Å². The lowest BCUT2D eigenvalue weighted by atomic mass is 10.1. The Morgan fingerprint density at radius 1 is 0.829 bits per heavy atom. The molecule has 0 aliphatic carbocycles. The van der Waals surface area contributed by atoms with Gasteiger partial charge in [-0.1, -0.05) is 60.7 Å². The van der Waals surface area contributed by atoms with Gasteiger partial charge in [0.1, 0.15) is 5.69 Å². The molecule has 0 aromatic heterocycles. The molecule has 0 saturated carbocycles. The zero-order valence-corrected chi connectivity index (χ0v) is 19.6. The highest BCUT2D eigenvalue weighted by Gasteiger charge is 2.20. The summed E-state index contributed by atoms with van der Waals surface area (Å²) in [6, 6.07) is 31.4. The Labute approximate surface area is 204 Å². The van der Waals surface area contributed by atoms with Gasteiger partial charge in [0.05, 0.1) is 16.3 Å². The van der Waals surface area contributed by atoms with Crippen molar-refractivity contribution in [3.05, 3.63) is 124 Å². The summed E-state index contributed by atoms with van der Waals surface area (Å²) >= 11 is 0. The fourth-order valence-corrected chi connectivity index (χ4v) is 3.88. The van der Waals surface area contributed by atoms with E-state index in [9.17, 15) is 14.9 Å². The molecule has 0 unspecified atom stereocenters. The van der Waals surface area contributed by atoms with E-state index >= 15 is 0 Å². The fourth-order valence-electron chi connectivity index (χ4n) is 3.88. The van der Waals surface area contributed by atoms with Crippen LogP contribution >= 0.6 is 0 Å². The standard InChI is InChI=1S/C28H26N4O3/c1-30(26-15-9-10-16-27(26)31(2)28(33)22-13-7-4-8-14-22)23-17-18-25(32(34)35)24(19-23)29-20-21-11-5-3-6-12-21/h3-19,29H,20H2,1-2H3. The first-order valence-electron chi connectivity index (χ1n) is 11.2. The summed E-state index contributed by atoms with van der Waals surface area (Å²) in [5.74, 6) is -0.125. The van der Waals surface area contributed by atoms with E-state index in [0.717, 1.165) is 22.6 Å². The number of carbonyl (C=O) groups is 1. The number of nitro groups is 1. The number of amides is 1. The maximum atomic E-state index is 13.1. The number of benzene rings is 4. The minimum absolute atomic E-state index is 0.00254.